The second kappa shape index (κ2) is 4.43. The summed E-state index contributed by atoms with van der Waals surface area (Å²) in [6, 6.07) is 10.6. The van der Waals surface area contributed by atoms with E-state index in [1.165, 1.54) is 11.1 Å². The van der Waals surface area contributed by atoms with Crippen LogP contribution in [-0.4, -0.2) is 12.7 Å². The lowest BCUT2D eigenvalue weighted by Gasteiger charge is -1.98. The Morgan fingerprint density at radius 1 is 1.43 bits per heavy atom. The van der Waals surface area contributed by atoms with Crippen molar-refractivity contribution in [3.63, 3.8) is 0 Å². The van der Waals surface area contributed by atoms with Crippen molar-refractivity contribution in [2.45, 2.75) is 25.9 Å². The summed E-state index contributed by atoms with van der Waals surface area (Å²) in [6.45, 7) is 3.14. The number of benzene rings is 1. The van der Waals surface area contributed by atoms with Crippen LogP contribution >= 0.6 is 0 Å². The van der Waals surface area contributed by atoms with Gasteiger partial charge in [-0.05, 0) is 25.3 Å². The van der Waals surface area contributed by atoms with Crippen molar-refractivity contribution in [2.24, 2.45) is 0 Å². The summed E-state index contributed by atoms with van der Waals surface area (Å²) in [4.78, 5) is 0. The zero-order valence-corrected chi connectivity index (χ0v) is 8.57. The Kier molecular flexibility index (Phi) is 3.00. The van der Waals surface area contributed by atoms with Crippen LogP contribution in [0.4, 0.5) is 0 Å². The second-order valence-corrected chi connectivity index (χ2v) is 3.90. The Morgan fingerprint density at radius 2 is 2.14 bits per heavy atom. The van der Waals surface area contributed by atoms with E-state index < -0.39 is 0 Å². The van der Waals surface area contributed by atoms with Gasteiger partial charge in [-0.2, -0.15) is 0 Å². The first-order valence-electron chi connectivity index (χ1n) is 5.16. The minimum Gasteiger partial charge on any atom is -0.373 e. The molecular weight excluding hydrogens is 172 g/mol. The first-order valence-corrected chi connectivity index (χ1v) is 5.16. The van der Waals surface area contributed by atoms with Gasteiger partial charge in [0.25, 0.3) is 0 Å². The van der Waals surface area contributed by atoms with Crippen LogP contribution in [0.2, 0.25) is 0 Å². The molecule has 0 amide bonds. The number of rotatable bonds is 4. The predicted octanol–water partition coefficient (Wildman–Crippen LogP) is 2.96. The van der Waals surface area contributed by atoms with Gasteiger partial charge in [0, 0.05) is 0 Å². The zero-order chi connectivity index (χ0) is 9.80. The third-order valence-corrected chi connectivity index (χ3v) is 2.48. The highest BCUT2D eigenvalue weighted by atomic mass is 16.6. The Labute approximate surface area is 85.4 Å². The van der Waals surface area contributed by atoms with Gasteiger partial charge in [-0.15, -0.1) is 0 Å². The normalized spacial score (nSPS) is 20.9. The fourth-order valence-corrected chi connectivity index (χ4v) is 1.53. The minimum absolute atomic E-state index is 0.516. The summed E-state index contributed by atoms with van der Waals surface area (Å²) in [5.74, 6) is 0. The number of ether oxygens (including phenoxy) is 1. The summed E-state index contributed by atoms with van der Waals surface area (Å²) in [7, 11) is 0. The van der Waals surface area contributed by atoms with Crippen molar-refractivity contribution in [2.75, 3.05) is 6.61 Å². The van der Waals surface area contributed by atoms with Crippen LogP contribution in [0.5, 0.6) is 0 Å². The molecule has 0 radical (unpaired) electrons. The number of allylic oxidation sites excluding steroid dienone is 1. The average Bonchev–Trinajstić information content (AvgIpc) is 3.00. The molecule has 1 aliphatic heterocycles. The SMILES string of the molecule is C/C(=C\Cc1ccccc1)CC1CO1. The Hall–Kier alpha value is -1.08. The first-order chi connectivity index (χ1) is 6.84. The number of hydrogen-bond acceptors (Lipinski definition) is 1. The van der Waals surface area contributed by atoms with Gasteiger partial charge in [0.15, 0.2) is 0 Å². The fourth-order valence-electron chi connectivity index (χ4n) is 1.53. The van der Waals surface area contributed by atoms with Crippen LogP contribution in [0.15, 0.2) is 42.0 Å². The van der Waals surface area contributed by atoms with Crippen molar-refractivity contribution in [3.8, 4) is 0 Å². The molecule has 2 rings (SSSR count). The largest absolute Gasteiger partial charge is 0.373 e. The molecule has 1 heterocycles. The Morgan fingerprint density at radius 3 is 2.79 bits per heavy atom. The summed E-state index contributed by atoms with van der Waals surface area (Å²) < 4.78 is 5.19. The molecule has 1 fully saturated rings. The van der Waals surface area contributed by atoms with Crippen LogP contribution in [0, 0.1) is 0 Å². The second-order valence-electron chi connectivity index (χ2n) is 3.90. The van der Waals surface area contributed by atoms with Gasteiger partial charge in [-0.3, -0.25) is 0 Å². The molecule has 0 aromatic heterocycles. The molecule has 1 aromatic carbocycles. The summed E-state index contributed by atoms with van der Waals surface area (Å²) >= 11 is 0. The van der Waals surface area contributed by atoms with E-state index in [1.807, 2.05) is 0 Å². The predicted molar refractivity (Wildman–Crippen MR) is 58.3 cm³/mol. The molecule has 0 bridgehead atoms. The molecule has 0 saturated carbocycles. The molecule has 1 saturated heterocycles. The molecule has 1 aliphatic rings. The fraction of sp³-hybridized carbons (Fsp3) is 0.385. The summed E-state index contributed by atoms with van der Waals surface area (Å²) in [5.41, 5.74) is 2.82. The maximum atomic E-state index is 5.19. The van der Waals surface area contributed by atoms with E-state index in [0.717, 1.165) is 19.4 Å². The lowest BCUT2D eigenvalue weighted by Crippen LogP contribution is -1.88. The van der Waals surface area contributed by atoms with E-state index in [1.54, 1.807) is 0 Å². The van der Waals surface area contributed by atoms with E-state index >= 15 is 0 Å². The molecule has 1 heteroatoms. The molecule has 1 nitrogen and oxygen atoms in total. The van der Waals surface area contributed by atoms with Gasteiger partial charge in [0.2, 0.25) is 0 Å². The zero-order valence-electron chi connectivity index (χ0n) is 8.57. The molecule has 1 atom stereocenters. The summed E-state index contributed by atoms with van der Waals surface area (Å²) in [5, 5.41) is 0. The maximum absolute atomic E-state index is 5.19. The van der Waals surface area contributed by atoms with Crippen LogP contribution < -0.4 is 0 Å². The van der Waals surface area contributed by atoms with Crippen LogP contribution in [0.1, 0.15) is 18.9 Å². The highest BCUT2D eigenvalue weighted by molar-refractivity contribution is 5.19. The summed E-state index contributed by atoms with van der Waals surface area (Å²) in [6.07, 6.45) is 4.96. The van der Waals surface area contributed by atoms with Crippen molar-refractivity contribution >= 4 is 0 Å². The Balaban J connectivity index is 1.85. The molecule has 1 aromatic rings. The molecule has 74 valence electrons. The smallest absolute Gasteiger partial charge is 0.0846 e. The van der Waals surface area contributed by atoms with E-state index in [2.05, 4.69) is 43.3 Å². The van der Waals surface area contributed by atoms with Gasteiger partial charge in [-0.1, -0.05) is 42.0 Å². The Bertz CT molecular complexity index is 309. The molecule has 0 aliphatic carbocycles. The quantitative estimate of drug-likeness (QED) is 0.522. The van der Waals surface area contributed by atoms with Crippen molar-refractivity contribution < 1.29 is 4.74 Å². The van der Waals surface area contributed by atoms with E-state index in [0.29, 0.717) is 6.10 Å². The molecule has 0 spiro atoms. The topological polar surface area (TPSA) is 12.5 Å². The molecule has 0 N–H and O–H groups in total. The highest BCUT2D eigenvalue weighted by Gasteiger charge is 2.21. The van der Waals surface area contributed by atoms with Crippen LogP contribution in [0.25, 0.3) is 0 Å². The first kappa shape index (κ1) is 9.47. The van der Waals surface area contributed by atoms with Crippen molar-refractivity contribution in [1.82, 2.24) is 0 Å². The monoisotopic (exact) mass is 188 g/mol. The molecular formula is C13H16O. The lowest BCUT2D eigenvalue weighted by atomic mass is 10.1. The van der Waals surface area contributed by atoms with Crippen LogP contribution in [0.3, 0.4) is 0 Å². The third-order valence-electron chi connectivity index (χ3n) is 2.48. The van der Waals surface area contributed by atoms with E-state index in [9.17, 15) is 0 Å². The van der Waals surface area contributed by atoms with E-state index in [4.69, 9.17) is 4.74 Å². The van der Waals surface area contributed by atoms with Gasteiger partial charge in [0.05, 0.1) is 12.7 Å². The maximum Gasteiger partial charge on any atom is 0.0846 e. The number of epoxide rings is 1. The van der Waals surface area contributed by atoms with Gasteiger partial charge >= 0.3 is 0 Å². The van der Waals surface area contributed by atoms with Crippen molar-refractivity contribution in [1.29, 1.82) is 0 Å². The highest BCUT2D eigenvalue weighted by Crippen LogP contribution is 2.18. The molecule has 1 unspecified atom stereocenters. The molecule has 14 heavy (non-hydrogen) atoms. The lowest BCUT2D eigenvalue weighted by molar-refractivity contribution is 0.407. The van der Waals surface area contributed by atoms with Crippen molar-refractivity contribution in [3.05, 3.63) is 47.5 Å². The number of hydrogen-bond donors (Lipinski definition) is 0. The van der Waals surface area contributed by atoms with E-state index in [-0.39, 0.29) is 0 Å². The minimum atomic E-state index is 0.516. The van der Waals surface area contributed by atoms with Crippen LogP contribution in [-0.2, 0) is 11.2 Å². The van der Waals surface area contributed by atoms with Gasteiger partial charge in [0.1, 0.15) is 0 Å². The third kappa shape index (κ3) is 3.00. The van der Waals surface area contributed by atoms with Gasteiger partial charge < -0.3 is 4.74 Å². The van der Waals surface area contributed by atoms with Gasteiger partial charge in [-0.25, -0.2) is 0 Å². The average molecular weight is 188 g/mol. The standard InChI is InChI=1S/C13H16O/c1-11(9-13-10-14-13)7-8-12-5-3-2-4-6-12/h2-7,13H,8-10H2,1H3/b11-7+.